The van der Waals surface area contributed by atoms with E-state index in [-0.39, 0.29) is 30.4 Å². The van der Waals surface area contributed by atoms with E-state index in [0.29, 0.717) is 32.5 Å². The largest absolute Gasteiger partial charge is 0.481 e. The summed E-state index contributed by atoms with van der Waals surface area (Å²) in [5.41, 5.74) is 0. The number of hydrogen-bond donors (Lipinski definition) is 1. The maximum Gasteiger partial charge on any atom is 0.320 e. The highest BCUT2D eigenvalue weighted by Gasteiger charge is 2.31. The van der Waals surface area contributed by atoms with Gasteiger partial charge in [-0.3, -0.25) is 9.59 Å². The maximum absolute atomic E-state index is 12.4. The van der Waals surface area contributed by atoms with Crippen molar-refractivity contribution in [3.63, 3.8) is 0 Å². The van der Waals surface area contributed by atoms with Crippen LogP contribution in [0.25, 0.3) is 0 Å². The minimum atomic E-state index is -0.918. The first kappa shape index (κ1) is 17.3. The fraction of sp³-hybridized carbons (Fsp3) is 0.786. The lowest BCUT2D eigenvalue weighted by molar-refractivity contribution is -0.147. The van der Waals surface area contributed by atoms with Crippen LogP contribution in [0.3, 0.4) is 0 Å². The number of likely N-dealkylation sites (tertiary alicyclic amines) is 1. The summed E-state index contributed by atoms with van der Waals surface area (Å²) in [5.74, 6) is -1.29. The van der Waals surface area contributed by atoms with Gasteiger partial charge in [-0.25, -0.2) is 4.79 Å². The summed E-state index contributed by atoms with van der Waals surface area (Å²) in [6, 6.07) is -0.507. The molecule has 1 heterocycles. The van der Waals surface area contributed by atoms with Crippen LogP contribution in [0.2, 0.25) is 0 Å². The van der Waals surface area contributed by atoms with E-state index in [4.69, 9.17) is 9.84 Å². The number of methoxy groups -OCH3 is 1. The van der Waals surface area contributed by atoms with E-state index in [1.807, 2.05) is 6.92 Å². The standard InChI is InChI=1S/C14H24N2O5/c1-4-16(10(2)9-12(17)18)14(20)15-7-5-11(6-8-15)13(19)21-3/h10-11H,4-9H2,1-3H3,(H,17,18). The van der Waals surface area contributed by atoms with E-state index < -0.39 is 5.97 Å². The molecule has 1 aliphatic rings. The second kappa shape index (κ2) is 7.85. The summed E-state index contributed by atoms with van der Waals surface area (Å²) in [5, 5.41) is 8.84. The lowest BCUT2D eigenvalue weighted by atomic mass is 9.97. The average Bonchev–Trinajstić information content (AvgIpc) is 2.46. The molecule has 7 heteroatoms. The quantitative estimate of drug-likeness (QED) is 0.770. The number of esters is 1. The van der Waals surface area contributed by atoms with Gasteiger partial charge in [0.25, 0.3) is 0 Å². The molecule has 21 heavy (non-hydrogen) atoms. The van der Waals surface area contributed by atoms with Crippen molar-refractivity contribution < 1.29 is 24.2 Å². The molecule has 1 aliphatic heterocycles. The molecule has 120 valence electrons. The molecule has 7 nitrogen and oxygen atoms in total. The number of carboxylic acids is 1. The third-order valence-electron chi connectivity index (χ3n) is 3.89. The zero-order valence-electron chi connectivity index (χ0n) is 12.9. The molecule has 0 bridgehead atoms. The predicted octanol–water partition coefficient (Wildman–Crippen LogP) is 1.18. The highest BCUT2D eigenvalue weighted by molar-refractivity contribution is 5.77. The lowest BCUT2D eigenvalue weighted by Crippen LogP contribution is -2.50. The number of amides is 2. The van der Waals surface area contributed by atoms with Gasteiger partial charge in [-0.1, -0.05) is 0 Å². The number of carboxylic acid groups (broad SMARTS) is 1. The Bertz CT molecular complexity index is 391. The number of urea groups is 1. The monoisotopic (exact) mass is 300 g/mol. The molecule has 0 aliphatic carbocycles. The molecule has 1 N–H and O–H groups in total. The van der Waals surface area contributed by atoms with Crippen LogP contribution in [0.1, 0.15) is 33.1 Å². The van der Waals surface area contributed by atoms with Gasteiger partial charge in [-0.05, 0) is 26.7 Å². The molecule has 0 spiro atoms. The van der Waals surface area contributed by atoms with Gasteiger partial charge in [0.2, 0.25) is 0 Å². The van der Waals surface area contributed by atoms with E-state index in [2.05, 4.69) is 0 Å². The van der Waals surface area contributed by atoms with E-state index in [1.165, 1.54) is 7.11 Å². The first-order chi connectivity index (χ1) is 9.90. The number of nitrogens with zero attached hydrogens (tertiary/aromatic N) is 2. The van der Waals surface area contributed by atoms with Gasteiger partial charge in [0.15, 0.2) is 0 Å². The number of ether oxygens (including phenoxy) is 1. The van der Waals surface area contributed by atoms with Crippen LogP contribution >= 0.6 is 0 Å². The van der Waals surface area contributed by atoms with E-state index >= 15 is 0 Å². The van der Waals surface area contributed by atoms with Crippen molar-refractivity contribution in [1.29, 1.82) is 0 Å². The number of piperidine rings is 1. The average molecular weight is 300 g/mol. The second-order valence-electron chi connectivity index (χ2n) is 5.30. The summed E-state index contributed by atoms with van der Waals surface area (Å²) >= 11 is 0. The zero-order chi connectivity index (χ0) is 16.0. The molecule has 1 atom stereocenters. The molecule has 0 aromatic carbocycles. The molecule has 2 amide bonds. The van der Waals surface area contributed by atoms with Gasteiger partial charge in [-0.15, -0.1) is 0 Å². The Balaban J connectivity index is 2.58. The predicted molar refractivity (Wildman–Crippen MR) is 75.8 cm³/mol. The minimum absolute atomic E-state index is 0.0712. The molecule has 0 radical (unpaired) electrons. The molecule has 0 saturated carbocycles. The summed E-state index contributed by atoms with van der Waals surface area (Å²) in [6.45, 7) is 5.02. The lowest BCUT2D eigenvalue weighted by Gasteiger charge is -2.36. The summed E-state index contributed by atoms with van der Waals surface area (Å²) in [6.07, 6.45) is 1.10. The molecular formula is C14H24N2O5. The number of rotatable bonds is 5. The van der Waals surface area contributed by atoms with Crippen LogP contribution in [-0.2, 0) is 14.3 Å². The molecule has 1 unspecified atom stereocenters. The van der Waals surface area contributed by atoms with E-state index in [0.717, 1.165) is 0 Å². The maximum atomic E-state index is 12.4. The smallest absolute Gasteiger partial charge is 0.320 e. The summed E-state index contributed by atoms with van der Waals surface area (Å²) in [7, 11) is 1.37. The van der Waals surface area contributed by atoms with Gasteiger partial charge >= 0.3 is 18.0 Å². The Hall–Kier alpha value is -1.79. The SMILES string of the molecule is CCN(C(=O)N1CCC(C(=O)OC)CC1)C(C)CC(=O)O. The fourth-order valence-electron chi connectivity index (χ4n) is 2.65. The Kier molecular flexibility index (Phi) is 6.45. The highest BCUT2D eigenvalue weighted by atomic mass is 16.5. The molecule has 1 saturated heterocycles. The van der Waals surface area contributed by atoms with Crippen LogP contribution in [0.4, 0.5) is 4.79 Å². The van der Waals surface area contributed by atoms with Crippen LogP contribution in [0.15, 0.2) is 0 Å². The second-order valence-corrected chi connectivity index (χ2v) is 5.30. The molecular weight excluding hydrogens is 276 g/mol. The highest BCUT2D eigenvalue weighted by Crippen LogP contribution is 2.20. The van der Waals surface area contributed by atoms with Gasteiger partial charge in [0.1, 0.15) is 0 Å². The van der Waals surface area contributed by atoms with Gasteiger partial charge in [0, 0.05) is 25.7 Å². The van der Waals surface area contributed by atoms with Crippen molar-refractivity contribution in [2.24, 2.45) is 5.92 Å². The first-order valence-electron chi connectivity index (χ1n) is 7.25. The van der Waals surface area contributed by atoms with Crippen molar-refractivity contribution in [2.75, 3.05) is 26.7 Å². The van der Waals surface area contributed by atoms with Crippen molar-refractivity contribution >= 4 is 18.0 Å². The molecule has 0 aromatic rings. The van der Waals surface area contributed by atoms with Crippen LogP contribution in [0, 0.1) is 5.92 Å². The van der Waals surface area contributed by atoms with Crippen molar-refractivity contribution in [3.05, 3.63) is 0 Å². The Morgan fingerprint density at radius 3 is 2.33 bits per heavy atom. The molecule has 0 aromatic heterocycles. The topological polar surface area (TPSA) is 87.2 Å². The molecule has 1 fully saturated rings. The van der Waals surface area contributed by atoms with Crippen molar-refractivity contribution in [2.45, 2.75) is 39.2 Å². The zero-order valence-corrected chi connectivity index (χ0v) is 12.9. The van der Waals surface area contributed by atoms with Gasteiger partial charge in [-0.2, -0.15) is 0 Å². The van der Waals surface area contributed by atoms with Crippen molar-refractivity contribution in [1.82, 2.24) is 9.80 Å². The minimum Gasteiger partial charge on any atom is -0.481 e. The van der Waals surface area contributed by atoms with E-state index in [9.17, 15) is 14.4 Å². The Morgan fingerprint density at radius 2 is 1.90 bits per heavy atom. The third-order valence-corrected chi connectivity index (χ3v) is 3.89. The van der Waals surface area contributed by atoms with Crippen LogP contribution in [0.5, 0.6) is 0 Å². The number of carbonyl (C=O) groups is 3. The Morgan fingerprint density at radius 1 is 1.33 bits per heavy atom. The normalized spacial score (nSPS) is 17.2. The first-order valence-corrected chi connectivity index (χ1v) is 7.25. The number of carbonyl (C=O) groups excluding carboxylic acids is 2. The third kappa shape index (κ3) is 4.61. The van der Waals surface area contributed by atoms with Crippen LogP contribution in [-0.4, -0.2) is 65.7 Å². The summed E-state index contributed by atoms with van der Waals surface area (Å²) in [4.78, 5) is 37.9. The van der Waals surface area contributed by atoms with Gasteiger partial charge < -0.3 is 19.6 Å². The number of aliphatic carboxylic acids is 1. The summed E-state index contributed by atoms with van der Waals surface area (Å²) < 4.78 is 4.72. The molecule has 1 rings (SSSR count). The van der Waals surface area contributed by atoms with Crippen molar-refractivity contribution in [3.8, 4) is 0 Å². The Labute approximate surface area is 124 Å². The fourth-order valence-corrected chi connectivity index (χ4v) is 2.65. The van der Waals surface area contributed by atoms with Crippen LogP contribution < -0.4 is 0 Å². The number of hydrogen-bond acceptors (Lipinski definition) is 4. The van der Waals surface area contributed by atoms with E-state index in [1.54, 1.807) is 16.7 Å². The van der Waals surface area contributed by atoms with Gasteiger partial charge in [0.05, 0.1) is 19.4 Å².